The smallest absolute Gasteiger partial charge is 0.405 e. The van der Waals surface area contributed by atoms with Gasteiger partial charge in [0.1, 0.15) is 6.04 Å². The van der Waals surface area contributed by atoms with Crippen LogP contribution in [0.3, 0.4) is 0 Å². The molecule has 0 heterocycles. The number of hydrogen-bond donors (Lipinski definition) is 3. The van der Waals surface area contributed by atoms with Gasteiger partial charge in [-0.1, -0.05) is 54.1 Å². The summed E-state index contributed by atoms with van der Waals surface area (Å²) in [7, 11) is 0. The highest BCUT2D eigenvalue weighted by molar-refractivity contribution is 6.34. The van der Waals surface area contributed by atoms with Crippen molar-refractivity contribution < 1.29 is 14.7 Å². The van der Waals surface area contributed by atoms with Crippen molar-refractivity contribution in [1.29, 1.82) is 0 Å². The van der Waals surface area contributed by atoms with Crippen molar-refractivity contribution in [3.8, 4) is 0 Å². The molecule has 22 heavy (non-hydrogen) atoms. The Morgan fingerprint density at radius 1 is 1.09 bits per heavy atom. The number of benzene rings is 2. The van der Waals surface area contributed by atoms with Gasteiger partial charge in [-0.25, -0.2) is 4.79 Å². The Morgan fingerprint density at radius 3 is 2.36 bits per heavy atom. The lowest BCUT2D eigenvalue weighted by atomic mass is 10.1. The van der Waals surface area contributed by atoms with Gasteiger partial charge in [0.15, 0.2) is 0 Å². The first-order valence-corrected chi connectivity index (χ1v) is 6.97. The van der Waals surface area contributed by atoms with Crippen molar-refractivity contribution >= 4 is 29.3 Å². The molecular weight excluding hydrogens is 304 g/mol. The number of nitrogens with one attached hydrogen (secondary N) is 2. The van der Waals surface area contributed by atoms with Crippen molar-refractivity contribution in [2.45, 2.75) is 13.0 Å². The van der Waals surface area contributed by atoms with Gasteiger partial charge in [-0.15, -0.1) is 0 Å². The Bertz CT molecular complexity index is 669. The molecule has 2 rings (SSSR count). The van der Waals surface area contributed by atoms with E-state index >= 15 is 0 Å². The first kappa shape index (κ1) is 15.9. The summed E-state index contributed by atoms with van der Waals surface area (Å²) in [5.74, 6) is -0.496. The summed E-state index contributed by atoms with van der Waals surface area (Å²) in [4.78, 5) is 23.4. The van der Waals surface area contributed by atoms with Crippen molar-refractivity contribution in [2.24, 2.45) is 0 Å². The summed E-state index contributed by atoms with van der Waals surface area (Å²) in [6.45, 7) is 1.81. The van der Waals surface area contributed by atoms with Crippen LogP contribution in [0.1, 0.15) is 17.2 Å². The van der Waals surface area contributed by atoms with Crippen LogP contribution in [0.4, 0.5) is 10.5 Å². The van der Waals surface area contributed by atoms with Crippen LogP contribution in [0.5, 0.6) is 0 Å². The molecular formula is C16H15ClN2O3. The van der Waals surface area contributed by atoms with Crippen LogP contribution in [0, 0.1) is 6.92 Å². The van der Waals surface area contributed by atoms with Gasteiger partial charge < -0.3 is 15.7 Å². The average Bonchev–Trinajstić information content (AvgIpc) is 2.49. The molecule has 0 aliphatic heterocycles. The molecule has 0 aliphatic carbocycles. The molecule has 1 unspecified atom stereocenters. The molecule has 0 saturated carbocycles. The third-order valence-electron chi connectivity index (χ3n) is 3.13. The number of carboxylic acid groups (broad SMARTS) is 1. The zero-order chi connectivity index (χ0) is 16.1. The molecule has 3 N–H and O–H groups in total. The van der Waals surface area contributed by atoms with Gasteiger partial charge in [0.2, 0.25) is 0 Å². The molecule has 0 fully saturated rings. The molecule has 0 aromatic heterocycles. The van der Waals surface area contributed by atoms with Crippen molar-refractivity contribution in [3.05, 3.63) is 64.7 Å². The van der Waals surface area contributed by atoms with E-state index in [0.717, 1.165) is 5.56 Å². The van der Waals surface area contributed by atoms with E-state index in [1.54, 1.807) is 42.5 Å². The second kappa shape index (κ2) is 6.95. The Kier molecular flexibility index (Phi) is 5.01. The van der Waals surface area contributed by atoms with Gasteiger partial charge in [0, 0.05) is 0 Å². The number of rotatable bonds is 4. The topological polar surface area (TPSA) is 78.4 Å². The van der Waals surface area contributed by atoms with Crippen molar-refractivity contribution in [3.63, 3.8) is 0 Å². The molecule has 6 heteroatoms. The number of amides is 2. The number of para-hydroxylation sites is 1. The fraction of sp³-hybridized carbons (Fsp3) is 0.125. The summed E-state index contributed by atoms with van der Waals surface area (Å²) in [6.07, 6.45) is -1.28. The summed E-state index contributed by atoms with van der Waals surface area (Å²) in [5, 5.41) is 14.3. The lowest BCUT2D eigenvalue weighted by Crippen LogP contribution is -2.36. The molecule has 114 valence electrons. The number of carbonyl (C=O) groups excluding carboxylic acids is 1. The molecule has 0 bridgehead atoms. The summed E-state index contributed by atoms with van der Waals surface area (Å²) in [6, 6.07) is 12.8. The van der Waals surface area contributed by atoms with Crippen molar-refractivity contribution in [2.75, 3.05) is 5.32 Å². The van der Waals surface area contributed by atoms with Gasteiger partial charge in [-0.3, -0.25) is 4.79 Å². The van der Waals surface area contributed by atoms with Gasteiger partial charge in [0.25, 0.3) is 5.91 Å². The van der Waals surface area contributed by atoms with Gasteiger partial charge in [0.05, 0.1) is 10.7 Å². The van der Waals surface area contributed by atoms with E-state index in [0.29, 0.717) is 16.3 Å². The second-order valence-corrected chi connectivity index (χ2v) is 5.12. The predicted octanol–water partition coefficient (Wildman–Crippen LogP) is 3.60. The summed E-state index contributed by atoms with van der Waals surface area (Å²) >= 11 is 6.08. The standard InChI is InChI=1S/C16H15ClN2O3/c1-10-6-5-9-12(17)13(10)18-15(20)14(19-16(21)22)11-7-3-2-4-8-11/h2-9,14,19H,1H3,(H,18,20)(H,21,22). The highest BCUT2D eigenvalue weighted by atomic mass is 35.5. The third kappa shape index (κ3) is 3.77. The highest BCUT2D eigenvalue weighted by Crippen LogP contribution is 2.26. The van der Waals surface area contributed by atoms with Gasteiger partial charge in [-0.05, 0) is 24.1 Å². The van der Waals surface area contributed by atoms with Crippen LogP contribution in [0.15, 0.2) is 48.5 Å². The lowest BCUT2D eigenvalue weighted by molar-refractivity contribution is -0.118. The second-order valence-electron chi connectivity index (χ2n) is 4.71. The largest absolute Gasteiger partial charge is 0.465 e. The van der Waals surface area contributed by atoms with E-state index in [1.807, 2.05) is 13.0 Å². The summed E-state index contributed by atoms with van der Waals surface area (Å²) in [5.41, 5.74) is 1.82. The fourth-order valence-electron chi connectivity index (χ4n) is 2.05. The Hall–Kier alpha value is -2.53. The maximum absolute atomic E-state index is 12.5. The van der Waals surface area contributed by atoms with E-state index in [4.69, 9.17) is 16.7 Å². The average molecular weight is 319 g/mol. The normalized spacial score (nSPS) is 11.5. The van der Waals surface area contributed by atoms with Crippen LogP contribution >= 0.6 is 11.6 Å². The summed E-state index contributed by atoms with van der Waals surface area (Å²) < 4.78 is 0. The zero-order valence-electron chi connectivity index (χ0n) is 11.8. The molecule has 0 spiro atoms. The number of hydrogen-bond acceptors (Lipinski definition) is 2. The van der Waals surface area contributed by atoms with Crippen LogP contribution in [-0.4, -0.2) is 17.1 Å². The quantitative estimate of drug-likeness (QED) is 0.806. The Labute approximate surface area is 132 Å². The third-order valence-corrected chi connectivity index (χ3v) is 3.45. The van der Waals surface area contributed by atoms with Gasteiger partial charge in [-0.2, -0.15) is 0 Å². The molecule has 5 nitrogen and oxygen atoms in total. The SMILES string of the molecule is Cc1cccc(Cl)c1NC(=O)C(NC(=O)O)c1ccccc1. The van der Waals surface area contributed by atoms with E-state index < -0.39 is 18.0 Å². The van der Waals surface area contributed by atoms with Crippen LogP contribution < -0.4 is 10.6 Å². The van der Waals surface area contributed by atoms with E-state index in [1.165, 1.54) is 0 Å². The van der Waals surface area contributed by atoms with E-state index in [9.17, 15) is 9.59 Å². The zero-order valence-corrected chi connectivity index (χ0v) is 12.6. The van der Waals surface area contributed by atoms with E-state index in [2.05, 4.69) is 10.6 Å². The lowest BCUT2D eigenvalue weighted by Gasteiger charge is -2.18. The molecule has 2 amide bonds. The molecule has 1 atom stereocenters. The Balaban J connectivity index is 2.28. The molecule has 2 aromatic rings. The highest BCUT2D eigenvalue weighted by Gasteiger charge is 2.23. The van der Waals surface area contributed by atoms with Gasteiger partial charge >= 0.3 is 6.09 Å². The Morgan fingerprint density at radius 2 is 1.77 bits per heavy atom. The first-order valence-electron chi connectivity index (χ1n) is 6.59. The molecule has 0 saturated heterocycles. The van der Waals surface area contributed by atoms with E-state index in [-0.39, 0.29) is 0 Å². The maximum atomic E-state index is 12.5. The van der Waals surface area contributed by atoms with Crippen LogP contribution in [-0.2, 0) is 4.79 Å². The molecule has 0 aliphatic rings. The number of carbonyl (C=O) groups is 2. The predicted molar refractivity (Wildman–Crippen MR) is 85.2 cm³/mol. The minimum absolute atomic E-state index is 0.399. The molecule has 2 aromatic carbocycles. The number of aryl methyl sites for hydroxylation is 1. The molecule has 0 radical (unpaired) electrons. The van der Waals surface area contributed by atoms with Crippen LogP contribution in [0.2, 0.25) is 5.02 Å². The first-order chi connectivity index (χ1) is 10.5. The van der Waals surface area contributed by atoms with Crippen LogP contribution in [0.25, 0.3) is 0 Å². The van der Waals surface area contributed by atoms with Crippen molar-refractivity contribution in [1.82, 2.24) is 5.32 Å². The minimum Gasteiger partial charge on any atom is -0.465 e. The number of halogens is 1. The fourth-order valence-corrected chi connectivity index (χ4v) is 2.32. The maximum Gasteiger partial charge on any atom is 0.405 e. The monoisotopic (exact) mass is 318 g/mol. The minimum atomic E-state index is -1.28. The number of anilines is 1.